The first-order chi connectivity index (χ1) is 5.38. The van der Waals surface area contributed by atoms with Gasteiger partial charge in [0.15, 0.2) is 0 Å². The maximum atomic E-state index is 8.48. The average Bonchev–Trinajstić information content (AvgIpc) is 2.09. The molecule has 1 aliphatic carbocycles. The van der Waals surface area contributed by atoms with Crippen LogP contribution >= 0.6 is 0 Å². The number of hydrogen-bond acceptors (Lipinski definition) is 2. The highest BCUT2D eigenvalue weighted by molar-refractivity contribution is 5.50. The lowest BCUT2D eigenvalue weighted by Gasteiger charge is -1.97. The van der Waals surface area contributed by atoms with Crippen LogP contribution in [0.5, 0.6) is 0 Å². The maximum Gasteiger partial charge on any atom is 0.136 e. The van der Waals surface area contributed by atoms with E-state index in [9.17, 15) is 0 Å². The van der Waals surface area contributed by atoms with E-state index in [0.717, 1.165) is 6.42 Å². The minimum absolute atomic E-state index is 0.178. The molecule has 0 aromatic rings. The smallest absolute Gasteiger partial charge is 0.136 e. The Hall–Kier alpha value is -1.80. The predicted octanol–water partition coefficient (Wildman–Crippen LogP) is 1.85. The van der Waals surface area contributed by atoms with Crippen LogP contribution in [0.2, 0.25) is 0 Å². The summed E-state index contributed by atoms with van der Waals surface area (Å²) in [7, 11) is 0. The monoisotopic (exact) mass is 142 g/mol. The van der Waals surface area contributed by atoms with Crippen LogP contribution in [0.1, 0.15) is 6.42 Å². The molecule has 0 aromatic heterocycles. The van der Waals surface area contributed by atoms with E-state index in [1.54, 1.807) is 12.2 Å². The molecule has 0 spiro atoms. The van der Waals surface area contributed by atoms with Crippen LogP contribution in [0.4, 0.5) is 0 Å². The standard InChI is InChI=1S/C9H6N2/c10-6-9(7-11)8-4-2-1-3-5-8/h2-5H,1H2. The van der Waals surface area contributed by atoms with Crippen molar-refractivity contribution in [3.8, 4) is 12.1 Å². The van der Waals surface area contributed by atoms with Gasteiger partial charge in [0.25, 0.3) is 0 Å². The van der Waals surface area contributed by atoms with Gasteiger partial charge in [-0.1, -0.05) is 24.3 Å². The minimum atomic E-state index is 0.178. The molecule has 0 unspecified atom stereocenters. The normalized spacial score (nSPS) is 13.8. The van der Waals surface area contributed by atoms with E-state index in [2.05, 4.69) is 0 Å². The van der Waals surface area contributed by atoms with Crippen LogP contribution in [0.3, 0.4) is 0 Å². The summed E-state index contributed by atoms with van der Waals surface area (Å²) in [6.07, 6.45) is 8.31. The summed E-state index contributed by atoms with van der Waals surface area (Å²) < 4.78 is 0. The van der Waals surface area contributed by atoms with Crippen LogP contribution in [0.25, 0.3) is 0 Å². The van der Waals surface area contributed by atoms with Crippen molar-refractivity contribution in [3.63, 3.8) is 0 Å². The van der Waals surface area contributed by atoms with Crippen molar-refractivity contribution in [2.24, 2.45) is 0 Å². The lowest BCUT2D eigenvalue weighted by atomic mass is 10.1. The highest BCUT2D eigenvalue weighted by atomic mass is 14.3. The fourth-order valence-corrected chi connectivity index (χ4v) is 0.845. The van der Waals surface area contributed by atoms with E-state index in [1.807, 2.05) is 24.3 Å². The maximum absolute atomic E-state index is 8.48. The quantitative estimate of drug-likeness (QED) is 0.484. The molecule has 0 bridgehead atoms. The third kappa shape index (κ3) is 1.56. The summed E-state index contributed by atoms with van der Waals surface area (Å²) >= 11 is 0. The number of nitriles is 2. The third-order valence-electron chi connectivity index (χ3n) is 1.38. The molecular weight excluding hydrogens is 136 g/mol. The largest absolute Gasteiger partial charge is 0.192 e. The highest BCUT2D eigenvalue weighted by Crippen LogP contribution is 2.11. The summed E-state index contributed by atoms with van der Waals surface area (Å²) in [4.78, 5) is 0. The molecule has 52 valence electrons. The topological polar surface area (TPSA) is 47.6 Å². The first-order valence-corrected chi connectivity index (χ1v) is 3.26. The van der Waals surface area contributed by atoms with Gasteiger partial charge in [0.05, 0.1) is 0 Å². The average molecular weight is 142 g/mol. The Morgan fingerprint density at radius 1 is 1.18 bits per heavy atom. The Labute approximate surface area is 65.4 Å². The first kappa shape index (κ1) is 7.31. The van der Waals surface area contributed by atoms with E-state index in [0.29, 0.717) is 5.57 Å². The van der Waals surface area contributed by atoms with Gasteiger partial charge in [0, 0.05) is 5.57 Å². The van der Waals surface area contributed by atoms with Gasteiger partial charge >= 0.3 is 0 Å². The first-order valence-electron chi connectivity index (χ1n) is 3.26. The van der Waals surface area contributed by atoms with Gasteiger partial charge in [-0.15, -0.1) is 0 Å². The minimum Gasteiger partial charge on any atom is -0.192 e. The summed E-state index contributed by atoms with van der Waals surface area (Å²) in [6.45, 7) is 0. The van der Waals surface area contributed by atoms with Crippen molar-refractivity contribution in [2.75, 3.05) is 0 Å². The number of rotatable bonds is 0. The van der Waals surface area contributed by atoms with E-state index >= 15 is 0 Å². The van der Waals surface area contributed by atoms with Gasteiger partial charge in [-0.3, -0.25) is 0 Å². The van der Waals surface area contributed by atoms with E-state index in [4.69, 9.17) is 10.5 Å². The van der Waals surface area contributed by atoms with Crippen molar-refractivity contribution in [1.29, 1.82) is 10.5 Å². The molecule has 0 amide bonds. The second-order valence-electron chi connectivity index (χ2n) is 2.09. The van der Waals surface area contributed by atoms with Gasteiger partial charge in [-0.25, -0.2) is 0 Å². The summed E-state index contributed by atoms with van der Waals surface area (Å²) in [5, 5.41) is 17.0. The highest BCUT2D eigenvalue weighted by Gasteiger charge is 1.99. The fraction of sp³-hybridized carbons (Fsp3) is 0.111. The van der Waals surface area contributed by atoms with Crippen molar-refractivity contribution in [2.45, 2.75) is 6.42 Å². The molecule has 0 atom stereocenters. The van der Waals surface area contributed by atoms with E-state index < -0.39 is 0 Å². The SMILES string of the molecule is N#CC(C#N)=C1C=CCC=C1. The van der Waals surface area contributed by atoms with Crippen LogP contribution in [0, 0.1) is 22.7 Å². The van der Waals surface area contributed by atoms with Crippen molar-refractivity contribution < 1.29 is 0 Å². The molecule has 1 rings (SSSR count). The van der Waals surface area contributed by atoms with E-state index in [1.165, 1.54) is 0 Å². The molecular formula is C9H6N2. The Bertz CT molecular complexity index is 288. The lowest BCUT2D eigenvalue weighted by molar-refractivity contribution is 1.33. The zero-order valence-corrected chi connectivity index (χ0v) is 5.91. The van der Waals surface area contributed by atoms with Gasteiger partial charge < -0.3 is 0 Å². The Balaban J connectivity index is 3.06. The van der Waals surface area contributed by atoms with Crippen LogP contribution in [-0.4, -0.2) is 0 Å². The number of hydrogen-bond donors (Lipinski definition) is 0. The molecule has 2 nitrogen and oxygen atoms in total. The van der Waals surface area contributed by atoms with E-state index in [-0.39, 0.29) is 5.57 Å². The van der Waals surface area contributed by atoms with Gasteiger partial charge in [-0.05, 0) is 6.42 Å². The third-order valence-corrected chi connectivity index (χ3v) is 1.38. The molecule has 0 heterocycles. The fourth-order valence-electron chi connectivity index (χ4n) is 0.845. The Kier molecular flexibility index (Phi) is 2.25. The molecule has 0 fully saturated rings. The second kappa shape index (κ2) is 3.39. The van der Waals surface area contributed by atoms with Crippen molar-refractivity contribution >= 4 is 0 Å². The molecule has 1 aliphatic rings. The molecule has 0 aliphatic heterocycles. The molecule has 0 N–H and O–H groups in total. The molecule has 0 saturated heterocycles. The summed E-state index contributed by atoms with van der Waals surface area (Å²) in [5.74, 6) is 0. The molecule has 11 heavy (non-hydrogen) atoms. The molecule has 0 aromatic carbocycles. The van der Waals surface area contributed by atoms with Gasteiger partial charge in [0.2, 0.25) is 0 Å². The predicted molar refractivity (Wildman–Crippen MR) is 41.1 cm³/mol. The van der Waals surface area contributed by atoms with Gasteiger partial charge in [-0.2, -0.15) is 10.5 Å². The van der Waals surface area contributed by atoms with Crippen LogP contribution < -0.4 is 0 Å². The molecule has 0 saturated carbocycles. The zero-order chi connectivity index (χ0) is 8.10. The summed E-state index contributed by atoms with van der Waals surface area (Å²) in [6, 6.07) is 3.67. The number of nitrogens with zero attached hydrogens (tertiary/aromatic N) is 2. The Morgan fingerprint density at radius 3 is 2.18 bits per heavy atom. The Morgan fingerprint density at radius 2 is 1.73 bits per heavy atom. The lowest BCUT2D eigenvalue weighted by Crippen LogP contribution is -1.83. The van der Waals surface area contributed by atoms with Crippen molar-refractivity contribution in [1.82, 2.24) is 0 Å². The zero-order valence-electron chi connectivity index (χ0n) is 5.91. The number of allylic oxidation sites excluding steroid dienone is 6. The van der Waals surface area contributed by atoms with Crippen molar-refractivity contribution in [3.05, 3.63) is 35.5 Å². The molecule has 0 radical (unpaired) electrons. The van der Waals surface area contributed by atoms with Crippen LogP contribution in [0.15, 0.2) is 35.5 Å². The van der Waals surface area contributed by atoms with Crippen LogP contribution in [-0.2, 0) is 0 Å². The second-order valence-corrected chi connectivity index (χ2v) is 2.09. The molecule has 2 heteroatoms. The van der Waals surface area contributed by atoms with Gasteiger partial charge in [0.1, 0.15) is 17.7 Å². The summed E-state index contributed by atoms with van der Waals surface area (Å²) in [5.41, 5.74) is 0.887.